The van der Waals surface area contributed by atoms with E-state index in [-0.39, 0.29) is 0 Å². The Hall–Kier alpha value is -1.88. The topological polar surface area (TPSA) is 52.0 Å². The minimum Gasteiger partial charge on any atom is -0.486 e. The van der Waals surface area contributed by atoms with Crippen molar-refractivity contribution in [1.82, 2.24) is 20.1 Å². The van der Waals surface area contributed by atoms with Crippen molar-refractivity contribution in [3.8, 4) is 5.75 Å². The Bertz CT molecular complexity index is 538. The molecule has 0 amide bonds. The Morgan fingerprint density at radius 3 is 2.95 bits per heavy atom. The second kappa shape index (κ2) is 7.05. The Balaban J connectivity index is 1.97. The largest absolute Gasteiger partial charge is 0.486 e. The lowest BCUT2D eigenvalue weighted by atomic mass is 10.1. The van der Waals surface area contributed by atoms with Crippen molar-refractivity contribution in [3.05, 3.63) is 42.0 Å². The Labute approximate surface area is 120 Å². The molecule has 2 aromatic rings. The summed E-state index contributed by atoms with van der Waals surface area (Å²) in [5, 5.41) is 11.3. The molecule has 1 unspecified atom stereocenters. The highest BCUT2D eigenvalue weighted by atomic mass is 16.5. The van der Waals surface area contributed by atoms with Crippen LogP contribution in [0.2, 0.25) is 0 Å². The quantitative estimate of drug-likeness (QED) is 0.842. The molecule has 5 heteroatoms. The van der Waals surface area contributed by atoms with Gasteiger partial charge in [0, 0.05) is 13.1 Å². The molecule has 1 N–H and O–H groups in total. The molecular weight excluding hydrogens is 252 g/mol. The molecule has 0 aliphatic carbocycles. The van der Waals surface area contributed by atoms with E-state index >= 15 is 0 Å². The molecule has 20 heavy (non-hydrogen) atoms. The second-order valence-corrected chi connectivity index (χ2v) is 4.90. The Morgan fingerprint density at radius 1 is 1.40 bits per heavy atom. The maximum atomic E-state index is 5.78. The van der Waals surface area contributed by atoms with Crippen molar-refractivity contribution in [2.75, 3.05) is 6.54 Å². The summed E-state index contributed by atoms with van der Waals surface area (Å²) in [5.41, 5.74) is 1.23. The lowest BCUT2D eigenvalue weighted by Gasteiger charge is -2.15. The summed E-state index contributed by atoms with van der Waals surface area (Å²) in [6, 6.07) is 8.50. The minimum absolute atomic E-state index is 0.327. The van der Waals surface area contributed by atoms with Gasteiger partial charge >= 0.3 is 0 Å². The van der Waals surface area contributed by atoms with Gasteiger partial charge in [-0.15, -0.1) is 10.2 Å². The molecule has 0 bridgehead atoms. The fraction of sp³-hybridized carbons (Fsp3) is 0.467. The highest BCUT2D eigenvalue weighted by Crippen LogP contribution is 2.19. The summed E-state index contributed by atoms with van der Waals surface area (Å²) in [5.74, 6) is 1.67. The summed E-state index contributed by atoms with van der Waals surface area (Å²) in [6.07, 6.45) is 2.80. The molecule has 0 spiro atoms. The summed E-state index contributed by atoms with van der Waals surface area (Å²) in [6.45, 7) is 5.78. The van der Waals surface area contributed by atoms with Gasteiger partial charge < -0.3 is 14.6 Å². The number of aryl methyl sites for hydroxylation is 1. The monoisotopic (exact) mass is 274 g/mol. The number of hydrogen-bond donors (Lipinski definition) is 1. The van der Waals surface area contributed by atoms with Crippen LogP contribution in [0, 0.1) is 0 Å². The van der Waals surface area contributed by atoms with Gasteiger partial charge in [0.1, 0.15) is 18.7 Å². The third kappa shape index (κ3) is 3.81. The molecule has 1 aromatic heterocycles. The zero-order chi connectivity index (χ0) is 14.4. The predicted molar refractivity (Wildman–Crippen MR) is 78.5 cm³/mol. The van der Waals surface area contributed by atoms with Gasteiger partial charge in [0.2, 0.25) is 0 Å². The van der Waals surface area contributed by atoms with E-state index in [9.17, 15) is 0 Å². The van der Waals surface area contributed by atoms with Crippen LogP contribution in [0.5, 0.6) is 5.75 Å². The first kappa shape index (κ1) is 14.5. The first-order chi connectivity index (χ1) is 9.70. The van der Waals surface area contributed by atoms with E-state index < -0.39 is 0 Å². The maximum absolute atomic E-state index is 5.78. The van der Waals surface area contributed by atoms with Crippen LogP contribution in [-0.4, -0.2) is 21.3 Å². The van der Waals surface area contributed by atoms with E-state index in [1.54, 1.807) is 6.33 Å². The van der Waals surface area contributed by atoms with Crippen LogP contribution >= 0.6 is 0 Å². The molecule has 0 saturated heterocycles. The molecule has 5 nitrogen and oxygen atoms in total. The lowest BCUT2D eigenvalue weighted by molar-refractivity contribution is 0.290. The zero-order valence-electron chi connectivity index (χ0n) is 12.3. The van der Waals surface area contributed by atoms with Crippen molar-refractivity contribution >= 4 is 0 Å². The smallest absolute Gasteiger partial charge is 0.170 e. The zero-order valence-corrected chi connectivity index (χ0v) is 12.3. The molecule has 0 saturated carbocycles. The SMILES string of the molecule is CCCNC(C)c1cccc(OCc2nncn2C)c1. The van der Waals surface area contributed by atoms with Gasteiger partial charge in [0.25, 0.3) is 0 Å². The first-order valence-electron chi connectivity index (χ1n) is 6.99. The van der Waals surface area contributed by atoms with E-state index in [1.807, 2.05) is 23.7 Å². The second-order valence-electron chi connectivity index (χ2n) is 4.90. The number of rotatable bonds is 7. The molecule has 2 rings (SSSR count). The molecule has 108 valence electrons. The molecule has 1 aromatic carbocycles. The van der Waals surface area contributed by atoms with E-state index in [0.717, 1.165) is 24.5 Å². The fourth-order valence-corrected chi connectivity index (χ4v) is 1.94. The number of nitrogens with one attached hydrogen (secondary N) is 1. The third-order valence-corrected chi connectivity index (χ3v) is 3.23. The molecule has 0 aliphatic heterocycles. The number of benzene rings is 1. The van der Waals surface area contributed by atoms with E-state index in [1.165, 1.54) is 5.56 Å². The van der Waals surface area contributed by atoms with Crippen LogP contribution in [0.15, 0.2) is 30.6 Å². The number of ether oxygens (including phenoxy) is 1. The summed E-state index contributed by atoms with van der Waals surface area (Å²) < 4.78 is 7.63. The number of hydrogen-bond acceptors (Lipinski definition) is 4. The van der Waals surface area contributed by atoms with Gasteiger partial charge in [-0.2, -0.15) is 0 Å². The Morgan fingerprint density at radius 2 is 2.25 bits per heavy atom. The van der Waals surface area contributed by atoms with E-state index in [0.29, 0.717) is 12.6 Å². The van der Waals surface area contributed by atoms with Crippen LogP contribution in [-0.2, 0) is 13.7 Å². The van der Waals surface area contributed by atoms with E-state index in [2.05, 4.69) is 41.5 Å². The average molecular weight is 274 g/mol. The maximum Gasteiger partial charge on any atom is 0.170 e. The van der Waals surface area contributed by atoms with Crippen molar-refractivity contribution in [2.45, 2.75) is 32.9 Å². The number of nitrogens with zero attached hydrogens (tertiary/aromatic N) is 3. The fourth-order valence-electron chi connectivity index (χ4n) is 1.94. The highest BCUT2D eigenvalue weighted by Gasteiger charge is 2.06. The summed E-state index contributed by atoms with van der Waals surface area (Å²) in [7, 11) is 1.91. The van der Waals surface area contributed by atoms with Crippen LogP contribution in [0.3, 0.4) is 0 Å². The molecular formula is C15H22N4O. The third-order valence-electron chi connectivity index (χ3n) is 3.23. The molecule has 0 fully saturated rings. The molecule has 0 aliphatic rings. The first-order valence-corrected chi connectivity index (χ1v) is 6.99. The summed E-state index contributed by atoms with van der Waals surface area (Å²) >= 11 is 0. The van der Waals surface area contributed by atoms with Gasteiger partial charge in [-0.25, -0.2) is 0 Å². The Kier molecular flexibility index (Phi) is 5.12. The van der Waals surface area contributed by atoms with E-state index in [4.69, 9.17) is 4.74 Å². The standard InChI is InChI=1S/C15H22N4O/c1-4-8-16-12(2)13-6-5-7-14(9-13)20-10-15-18-17-11-19(15)3/h5-7,9,11-12,16H,4,8,10H2,1-3H3. The van der Waals surface area contributed by atoms with Crippen molar-refractivity contribution in [2.24, 2.45) is 7.05 Å². The van der Waals surface area contributed by atoms with Gasteiger partial charge in [-0.3, -0.25) is 0 Å². The molecule has 1 heterocycles. The van der Waals surface area contributed by atoms with Gasteiger partial charge in [-0.1, -0.05) is 19.1 Å². The predicted octanol–water partition coefficient (Wildman–Crippen LogP) is 2.45. The van der Waals surface area contributed by atoms with Crippen molar-refractivity contribution < 1.29 is 4.74 Å². The van der Waals surface area contributed by atoms with Crippen LogP contribution in [0.25, 0.3) is 0 Å². The van der Waals surface area contributed by atoms with Crippen LogP contribution in [0.1, 0.15) is 37.7 Å². The number of aromatic nitrogens is 3. The van der Waals surface area contributed by atoms with Crippen molar-refractivity contribution in [3.63, 3.8) is 0 Å². The normalized spacial score (nSPS) is 12.3. The summed E-state index contributed by atoms with van der Waals surface area (Å²) in [4.78, 5) is 0. The van der Waals surface area contributed by atoms with Crippen LogP contribution < -0.4 is 10.1 Å². The molecule has 1 atom stereocenters. The molecule has 0 radical (unpaired) electrons. The minimum atomic E-state index is 0.327. The van der Waals surface area contributed by atoms with Gasteiger partial charge in [0.15, 0.2) is 5.82 Å². The van der Waals surface area contributed by atoms with Gasteiger partial charge in [-0.05, 0) is 37.6 Å². The van der Waals surface area contributed by atoms with Crippen molar-refractivity contribution in [1.29, 1.82) is 0 Å². The van der Waals surface area contributed by atoms with Crippen LogP contribution in [0.4, 0.5) is 0 Å². The van der Waals surface area contributed by atoms with Gasteiger partial charge in [0.05, 0.1) is 0 Å². The highest BCUT2D eigenvalue weighted by molar-refractivity contribution is 5.30. The lowest BCUT2D eigenvalue weighted by Crippen LogP contribution is -2.19. The average Bonchev–Trinajstić information content (AvgIpc) is 2.88.